The van der Waals surface area contributed by atoms with Crippen LogP contribution in [-0.4, -0.2) is 32.7 Å². The second kappa shape index (κ2) is 8.95. The molecule has 8 heteroatoms. The molecule has 2 aromatic carbocycles. The van der Waals surface area contributed by atoms with Crippen LogP contribution in [0.25, 0.3) is 0 Å². The van der Waals surface area contributed by atoms with E-state index in [0.29, 0.717) is 13.1 Å². The van der Waals surface area contributed by atoms with Crippen LogP contribution in [0.15, 0.2) is 60.7 Å². The van der Waals surface area contributed by atoms with E-state index >= 15 is 0 Å². The third kappa shape index (κ3) is 4.92. The van der Waals surface area contributed by atoms with Crippen LogP contribution in [0.3, 0.4) is 0 Å². The zero-order chi connectivity index (χ0) is 19.1. The lowest BCUT2D eigenvalue weighted by atomic mass is 10.2. The summed E-state index contributed by atoms with van der Waals surface area (Å²) in [5.41, 5.74) is 1.95. The van der Waals surface area contributed by atoms with E-state index in [1.165, 1.54) is 4.68 Å². The van der Waals surface area contributed by atoms with Crippen molar-refractivity contribution in [3.8, 4) is 0 Å². The molecule has 7 nitrogen and oxygen atoms in total. The molecular weight excluding hydrogens is 366 g/mol. The Hall–Kier alpha value is -3.19. The summed E-state index contributed by atoms with van der Waals surface area (Å²) in [6.07, 6.45) is 0. The monoisotopic (exact) mass is 383 g/mol. The standard InChI is InChI=1S/C19H18ClN5O2/c20-11-16(26)22-18-17(19(27)21-12-14-7-3-1-4-8-14)23-24-25(18)13-15-9-5-2-6-10-15/h1-10H,11-13H2,(H,21,27)(H,22,26). The minimum absolute atomic E-state index is 0.0420. The van der Waals surface area contributed by atoms with Crippen LogP contribution in [0.2, 0.25) is 0 Å². The molecular formula is C19H18ClN5O2. The summed E-state index contributed by atoms with van der Waals surface area (Å²) in [5.74, 6) is -0.884. The highest BCUT2D eigenvalue weighted by molar-refractivity contribution is 6.29. The first-order valence-electron chi connectivity index (χ1n) is 8.32. The van der Waals surface area contributed by atoms with Gasteiger partial charge in [0.2, 0.25) is 5.91 Å². The fraction of sp³-hybridized carbons (Fsp3) is 0.158. The molecule has 0 aliphatic heterocycles. The van der Waals surface area contributed by atoms with Gasteiger partial charge in [0, 0.05) is 6.54 Å². The van der Waals surface area contributed by atoms with Crippen molar-refractivity contribution in [3.63, 3.8) is 0 Å². The van der Waals surface area contributed by atoms with Crippen molar-refractivity contribution in [1.82, 2.24) is 20.3 Å². The number of rotatable bonds is 7. The van der Waals surface area contributed by atoms with Gasteiger partial charge in [0.05, 0.1) is 6.54 Å². The summed E-state index contributed by atoms with van der Waals surface area (Å²) in [7, 11) is 0. The Balaban J connectivity index is 1.80. The number of hydrogen-bond acceptors (Lipinski definition) is 4. The Kier molecular flexibility index (Phi) is 6.17. The molecule has 27 heavy (non-hydrogen) atoms. The summed E-state index contributed by atoms with van der Waals surface area (Å²) in [6, 6.07) is 19.0. The molecule has 0 radical (unpaired) electrons. The summed E-state index contributed by atoms with van der Waals surface area (Å²) < 4.78 is 1.47. The second-order valence-electron chi connectivity index (χ2n) is 5.78. The Morgan fingerprint density at radius 3 is 2.22 bits per heavy atom. The van der Waals surface area contributed by atoms with Gasteiger partial charge >= 0.3 is 0 Å². The van der Waals surface area contributed by atoms with E-state index < -0.39 is 11.8 Å². The first-order valence-corrected chi connectivity index (χ1v) is 8.86. The molecule has 0 unspecified atom stereocenters. The highest BCUT2D eigenvalue weighted by Gasteiger charge is 2.21. The molecule has 0 aliphatic rings. The number of aromatic nitrogens is 3. The van der Waals surface area contributed by atoms with Crippen LogP contribution in [0, 0.1) is 0 Å². The van der Waals surface area contributed by atoms with Crippen molar-refractivity contribution in [3.05, 3.63) is 77.5 Å². The molecule has 2 amide bonds. The van der Waals surface area contributed by atoms with Gasteiger partial charge in [-0.25, -0.2) is 4.68 Å². The number of carbonyl (C=O) groups is 2. The fourth-order valence-corrected chi connectivity index (χ4v) is 2.55. The summed E-state index contributed by atoms with van der Waals surface area (Å²) in [5, 5.41) is 13.4. The predicted octanol–water partition coefficient (Wildman–Crippen LogP) is 2.43. The van der Waals surface area contributed by atoms with Gasteiger partial charge in [-0.2, -0.15) is 0 Å². The summed E-state index contributed by atoms with van der Waals surface area (Å²) >= 11 is 5.59. The van der Waals surface area contributed by atoms with Crippen molar-refractivity contribution in [2.75, 3.05) is 11.2 Å². The summed E-state index contributed by atoms with van der Waals surface area (Å²) in [4.78, 5) is 24.4. The van der Waals surface area contributed by atoms with Crippen molar-refractivity contribution >= 4 is 29.2 Å². The van der Waals surface area contributed by atoms with E-state index in [0.717, 1.165) is 11.1 Å². The second-order valence-corrected chi connectivity index (χ2v) is 6.05. The lowest BCUT2D eigenvalue weighted by Gasteiger charge is -2.09. The Morgan fingerprint density at radius 2 is 1.59 bits per heavy atom. The van der Waals surface area contributed by atoms with Crippen LogP contribution in [0.4, 0.5) is 5.82 Å². The van der Waals surface area contributed by atoms with Crippen LogP contribution in [0.5, 0.6) is 0 Å². The highest BCUT2D eigenvalue weighted by Crippen LogP contribution is 2.15. The number of anilines is 1. The zero-order valence-electron chi connectivity index (χ0n) is 14.4. The van der Waals surface area contributed by atoms with Crippen molar-refractivity contribution in [2.45, 2.75) is 13.1 Å². The highest BCUT2D eigenvalue weighted by atomic mass is 35.5. The molecule has 0 atom stereocenters. The fourth-order valence-electron chi connectivity index (χ4n) is 2.48. The number of benzene rings is 2. The number of nitrogens with one attached hydrogen (secondary N) is 2. The normalized spacial score (nSPS) is 10.4. The maximum Gasteiger partial charge on any atom is 0.276 e. The number of carbonyl (C=O) groups excluding carboxylic acids is 2. The number of hydrogen-bond donors (Lipinski definition) is 2. The number of alkyl halides is 1. The third-order valence-corrected chi connectivity index (χ3v) is 4.04. The van der Waals surface area contributed by atoms with Gasteiger partial charge in [0.25, 0.3) is 5.91 Å². The minimum Gasteiger partial charge on any atom is -0.346 e. The van der Waals surface area contributed by atoms with Gasteiger partial charge in [-0.1, -0.05) is 65.9 Å². The molecule has 0 bridgehead atoms. The average molecular weight is 384 g/mol. The van der Waals surface area contributed by atoms with E-state index in [4.69, 9.17) is 11.6 Å². The molecule has 2 N–H and O–H groups in total. The third-order valence-electron chi connectivity index (χ3n) is 3.80. The van der Waals surface area contributed by atoms with Gasteiger partial charge in [0.15, 0.2) is 11.5 Å². The quantitative estimate of drug-likeness (QED) is 0.613. The molecule has 0 aliphatic carbocycles. The average Bonchev–Trinajstić information content (AvgIpc) is 3.09. The largest absolute Gasteiger partial charge is 0.346 e. The lowest BCUT2D eigenvalue weighted by molar-refractivity contribution is -0.114. The van der Waals surface area contributed by atoms with Crippen molar-refractivity contribution in [1.29, 1.82) is 0 Å². The molecule has 0 saturated carbocycles. The lowest BCUT2D eigenvalue weighted by Crippen LogP contribution is -2.26. The molecule has 138 valence electrons. The zero-order valence-corrected chi connectivity index (χ0v) is 15.2. The topological polar surface area (TPSA) is 88.9 Å². The van der Waals surface area contributed by atoms with Crippen LogP contribution in [0.1, 0.15) is 21.6 Å². The van der Waals surface area contributed by atoms with E-state index in [-0.39, 0.29) is 17.4 Å². The molecule has 3 rings (SSSR count). The van der Waals surface area contributed by atoms with Crippen molar-refractivity contribution in [2.24, 2.45) is 0 Å². The SMILES string of the molecule is O=C(CCl)Nc1c(C(=O)NCc2ccccc2)nnn1Cc1ccccc1. The molecule has 1 heterocycles. The van der Waals surface area contributed by atoms with Gasteiger partial charge < -0.3 is 10.6 Å². The van der Waals surface area contributed by atoms with Gasteiger partial charge in [0.1, 0.15) is 5.88 Å². The first kappa shape index (κ1) is 18.6. The Morgan fingerprint density at radius 1 is 0.963 bits per heavy atom. The maximum atomic E-state index is 12.6. The van der Waals surface area contributed by atoms with E-state index in [2.05, 4.69) is 20.9 Å². The van der Waals surface area contributed by atoms with E-state index in [9.17, 15) is 9.59 Å². The number of nitrogens with zero attached hydrogens (tertiary/aromatic N) is 3. The Labute approximate surface area is 161 Å². The smallest absolute Gasteiger partial charge is 0.276 e. The maximum absolute atomic E-state index is 12.6. The predicted molar refractivity (Wildman–Crippen MR) is 103 cm³/mol. The Bertz CT molecular complexity index is 912. The van der Waals surface area contributed by atoms with Crippen molar-refractivity contribution < 1.29 is 9.59 Å². The molecule has 1 aromatic heterocycles. The molecule has 3 aromatic rings. The van der Waals surface area contributed by atoms with E-state index in [1.54, 1.807) is 0 Å². The van der Waals surface area contributed by atoms with E-state index in [1.807, 2.05) is 60.7 Å². The number of halogens is 1. The van der Waals surface area contributed by atoms with Gasteiger partial charge in [-0.3, -0.25) is 9.59 Å². The minimum atomic E-state index is -0.439. The first-order chi connectivity index (χ1) is 13.2. The van der Waals surface area contributed by atoms with Crippen LogP contribution >= 0.6 is 11.6 Å². The van der Waals surface area contributed by atoms with Crippen LogP contribution < -0.4 is 10.6 Å². The number of amides is 2. The molecule has 0 spiro atoms. The molecule has 0 fully saturated rings. The van der Waals surface area contributed by atoms with Gasteiger partial charge in [-0.15, -0.1) is 16.7 Å². The van der Waals surface area contributed by atoms with Gasteiger partial charge in [-0.05, 0) is 11.1 Å². The molecule has 0 saturated heterocycles. The van der Waals surface area contributed by atoms with Crippen LogP contribution in [-0.2, 0) is 17.9 Å². The summed E-state index contributed by atoms with van der Waals surface area (Å²) in [6.45, 7) is 0.700.